The van der Waals surface area contributed by atoms with Gasteiger partial charge < -0.3 is 9.32 Å². The van der Waals surface area contributed by atoms with E-state index >= 15 is 0 Å². The minimum absolute atomic E-state index is 0.597. The first-order valence-electron chi connectivity index (χ1n) is 9.32. The average molecular weight is 396 g/mol. The molecule has 0 bridgehead atoms. The summed E-state index contributed by atoms with van der Waals surface area (Å²) in [4.78, 5) is 1.94. The van der Waals surface area contributed by atoms with E-state index in [-0.39, 0.29) is 0 Å². The molecule has 0 saturated heterocycles. The van der Waals surface area contributed by atoms with E-state index in [0.717, 1.165) is 22.2 Å². The van der Waals surface area contributed by atoms with Crippen LogP contribution in [0, 0.1) is 0 Å². The van der Waals surface area contributed by atoms with E-state index in [9.17, 15) is 0 Å². The van der Waals surface area contributed by atoms with E-state index in [4.69, 9.17) is 4.42 Å². The molecule has 1 heterocycles. The first-order valence-corrected chi connectivity index (χ1v) is 9.32. The molecule has 2 heteroatoms. The summed E-state index contributed by atoms with van der Waals surface area (Å²) >= 11 is 0. The quantitative estimate of drug-likeness (QED) is 0.392. The first-order chi connectivity index (χ1) is 14.6. The third-order valence-electron chi connectivity index (χ3n) is 4.03. The van der Waals surface area contributed by atoms with Gasteiger partial charge in [0.25, 0.3) is 0 Å². The molecule has 1 aromatic rings. The lowest BCUT2D eigenvalue weighted by Gasteiger charge is -2.28. The lowest BCUT2D eigenvalue weighted by molar-refractivity contribution is 0.495. The van der Waals surface area contributed by atoms with Gasteiger partial charge in [-0.1, -0.05) is 95.2 Å². The van der Waals surface area contributed by atoms with Crippen LogP contribution in [0.15, 0.2) is 129 Å². The van der Waals surface area contributed by atoms with Gasteiger partial charge in [-0.25, -0.2) is 0 Å². The molecule has 0 fully saturated rings. The molecule has 0 saturated carbocycles. The maximum Gasteiger partial charge on any atom is 0.159 e. The average Bonchev–Trinajstić information content (AvgIpc) is 3.09. The van der Waals surface area contributed by atoms with Crippen LogP contribution in [-0.2, 0) is 0 Å². The second kappa shape index (κ2) is 12.4. The molecule has 0 aromatic carbocycles. The Labute approximate surface area is 180 Å². The van der Waals surface area contributed by atoms with Crippen molar-refractivity contribution in [2.75, 3.05) is 0 Å². The molecule has 1 rings (SSSR count). The van der Waals surface area contributed by atoms with Gasteiger partial charge in [-0.05, 0) is 36.5 Å². The summed E-state index contributed by atoms with van der Waals surface area (Å²) in [6, 6.07) is 0. The number of hydrogen-bond acceptors (Lipinski definition) is 2. The van der Waals surface area contributed by atoms with Crippen LogP contribution in [-0.4, -0.2) is 4.90 Å². The summed E-state index contributed by atoms with van der Waals surface area (Å²) in [7, 11) is 0. The first kappa shape index (κ1) is 24.0. The van der Waals surface area contributed by atoms with Crippen LogP contribution in [0.3, 0.4) is 0 Å². The second-order valence-corrected chi connectivity index (χ2v) is 5.82. The lowest BCUT2D eigenvalue weighted by Crippen LogP contribution is -2.21. The van der Waals surface area contributed by atoms with Crippen molar-refractivity contribution >= 4 is 23.9 Å². The Morgan fingerprint density at radius 2 is 1.20 bits per heavy atom. The molecule has 30 heavy (non-hydrogen) atoms. The molecular formula is C28H29NO. The van der Waals surface area contributed by atoms with Gasteiger partial charge in [0.05, 0.1) is 5.70 Å². The van der Waals surface area contributed by atoms with Crippen LogP contribution in [0.5, 0.6) is 0 Å². The van der Waals surface area contributed by atoms with Crippen molar-refractivity contribution in [2.24, 2.45) is 0 Å². The smallest absolute Gasteiger partial charge is 0.159 e. The summed E-state index contributed by atoms with van der Waals surface area (Å²) in [5.41, 5.74) is 3.70. The van der Waals surface area contributed by atoms with Crippen molar-refractivity contribution < 1.29 is 4.42 Å². The van der Waals surface area contributed by atoms with Crippen LogP contribution >= 0.6 is 0 Å². The van der Waals surface area contributed by atoms with Crippen molar-refractivity contribution in [1.29, 1.82) is 0 Å². The van der Waals surface area contributed by atoms with Crippen LogP contribution < -0.4 is 10.6 Å². The van der Waals surface area contributed by atoms with Crippen molar-refractivity contribution in [2.45, 2.75) is 0 Å². The molecule has 0 aliphatic heterocycles. The topological polar surface area (TPSA) is 16.4 Å². The molecule has 0 aliphatic carbocycles. The van der Waals surface area contributed by atoms with Gasteiger partial charge >= 0.3 is 0 Å². The summed E-state index contributed by atoms with van der Waals surface area (Å²) in [5, 5.41) is 0.852. The van der Waals surface area contributed by atoms with E-state index in [1.807, 2.05) is 29.2 Å². The van der Waals surface area contributed by atoms with Crippen molar-refractivity contribution in [3.63, 3.8) is 0 Å². The Balaban J connectivity index is 4.16. The molecule has 0 N–H and O–H groups in total. The third kappa shape index (κ3) is 5.27. The van der Waals surface area contributed by atoms with Gasteiger partial charge in [-0.2, -0.15) is 0 Å². The summed E-state index contributed by atoms with van der Waals surface area (Å²) in [6.07, 6.45) is 22.8. The number of hydrogen-bond donors (Lipinski definition) is 0. The van der Waals surface area contributed by atoms with Gasteiger partial charge in [0.15, 0.2) is 5.76 Å². The van der Waals surface area contributed by atoms with Crippen molar-refractivity contribution in [3.8, 4) is 0 Å². The molecule has 152 valence electrons. The Morgan fingerprint density at radius 3 is 1.60 bits per heavy atom. The molecule has 0 aliphatic rings. The third-order valence-corrected chi connectivity index (χ3v) is 4.03. The second-order valence-electron chi connectivity index (χ2n) is 5.82. The monoisotopic (exact) mass is 395 g/mol. The summed E-state index contributed by atoms with van der Waals surface area (Å²) < 4.78 is 6.26. The van der Waals surface area contributed by atoms with E-state index in [2.05, 4.69) is 52.6 Å². The zero-order chi connectivity index (χ0) is 22.5. The van der Waals surface area contributed by atoms with Crippen LogP contribution in [0.25, 0.3) is 23.9 Å². The normalized spacial score (nSPS) is 13.4. The van der Waals surface area contributed by atoms with Gasteiger partial charge in [-0.15, -0.1) is 0 Å². The van der Waals surface area contributed by atoms with Gasteiger partial charge in [0, 0.05) is 22.2 Å². The minimum atomic E-state index is 0.597. The highest BCUT2D eigenvalue weighted by Gasteiger charge is 2.22. The van der Waals surface area contributed by atoms with Gasteiger partial charge in [0.1, 0.15) is 5.42 Å². The maximum absolute atomic E-state index is 6.26. The van der Waals surface area contributed by atoms with Crippen LogP contribution in [0.1, 0.15) is 11.3 Å². The molecule has 1 aromatic heterocycles. The fourth-order valence-electron chi connectivity index (χ4n) is 2.89. The SMILES string of the molecule is C=C/C=c1/c(C=C)c(/C(=C\C=C)N(/C(C=C)=C/C=C)/C(C=C)=C/C=C)o/c1=C/C=C. The van der Waals surface area contributed by atoms with Gasteiger partial charge in [-0.3, -0.25) is 0 Å². The predicted molar refractivity (Wildman–Crippen MR) is 134 cm³/mol. The standard InChI is InChI=1S/C28H29NO/c1-9-17-22(14-6)29(23(15-7)18-10-2)26(20-12-4)28-24(16-8)25(19-11-3)27(30-28)21-13-5/h9-21H,1-8H2/b22-17+,23-18+,25-19-,26-20+,27-21+. The largest absolute Gasteiger partial charge is 0.454 e. The van der Waals surface area contributed by atoms with E-state index in [1.165, 1.54) is 0 Å². The number of rotatable bonds is 12. The Kier molecular flexibility index (Phi) is 9.94. The zero-order valence-electron chi connectivity index (χ0n) is 17.5. The highest BCUT2D eigenvalue weighted by atomic mass is 16.3. The predicted octanol–water partition coefficient (Wildman–Crippen LogP) is 6.20. The molecule has 2 nitrogen and oxygen atoms in total. The maximum atomic E-state index is 6.26. The van der Waals surface area contributed by atoms with E-state index < -0.39 is 0 Å². The summed E-state index contributed by atoms with van der Waals surface area (Å²) in [5.74, 6) is 0.597. The van der Waals surface area contributed by atoms with Crippen molar-refractivity contribution in [1.82, 2.24) is 4.90 Å². The molecule has 0 unspecified atom stereocenters. The Hall–Kier alpha value is -4.04. The highest BCUT2D eigenvalue weighted by molar-refractivity contribution is 5.75. The van der Waals surface area contributed by atoms with Crippen molar-refractivity contribution in [3.05, 3.63) is 147 Å². The Morgan fingerprint density at radius 1 is 0.667 bits per heavy atom. The van der Waals surface area contributed by atoms with Crippen LogP contribution in [0.2, 0.25) is 0 Å². The molecular weight excluding hydrogens is 366 g/mol. The number of allylic oxidation sites excluding steroid dienone is 10. The number of furan rings is 1. The molecule has 0 spiro atoms. The molecule has 0 atom stereocenters. The Bertz CT molecular complexity index is 1050. The van der Waals surface area contributed by atoms with Crippen LogP contribution in [0.4, 0.5) is 0 Å². The van der Waals surface area contributed by atoms with Gasteiger partial charge in [0.2, 0.25) is 0 Å². The highest BCUT2D eigenvalue weighted by Crippen LogP contribution is 2.31. The zero-order valence-corrected chi connectivity index (χ0v) is 17.5. The fourth-order valence-corrected chi connectivity index (χ4v) is 2.89. The summed E-state index contributed by atoms with van der Waals surface area (Å²) in [6.45, 7) is 31.0. The molecule has 0 radical (unpaired) electrons. The molecule has 0 amide bonds. The van der Waals surface area contributed by atoms with E-state index in [0.29, 0.717) is 16.9 Å². The minimum Gasteiger partial charge on any atom is -0.454 e. The fraction of sp³-hybridized carbons (Fsp3) is 0. The lowest BCUT2D eigenvalue weighted by atomic mass is 10.1. The van der Waals surface area contributed by atoms with E-state index in [1.54, 1.807) is 54.7 Å². The number of nitrogens with zero attached hydrogens (tertiary/aromatic N) is 1.